The van der Waals surface area contributed by atoms with Gasteiger partial charge < -0.3 is 5.32 Å². The number of nitrogens with one attached hydrogen (secondary N) is 1. The quantitative estimate of drug-likeness (QED) is 0.311. The molecule has 0 aliphatic carbocycles. The Hall–Kier alpha value is -4.60. The summed E-state index contributed by atoms with van der Waals surface area (Å²) in [6, 6.07) is 14.6. The predicted molar refractivity (Wildman–Crippen MR) is 133 cm³/mol. The first-order valence-electron chi connectivity index (χ1n) is 11.5. The van der Waals surface area contributed by atoms with E-state index in [0.29, 0.717) is 28.3 Å². The van der Waals surface area contributed by atoms with E-state index >= 15 is 0 Å². The van der Waals surface area contributed by atoms with E-state index in [2.05, 4.69) is 15.3 Å². The summed E-state index contributed by atoms with van der Waals surface area (Å²) in [6.07, 6.45) is -1.81. The van der Waals surface area contributed by atoms with E-state index < -0.39 is 34.4 Å². The number of rotatable bonds is 4. The maximum absolute atomic E-state index is 13.9. The van der Waals surface area contributed by atoms with E-state index in [1.807, 2.05) is 0 Å². The Kier molecular flexibility index (Phi) is 5.97. The highest BCUT2D eigenvalue weighted by atomic mass is 19.4. The third kappa shape index (κ3) is 4.27. The molecule has 0 spiro atoms. The third-order valence-corrected chi connectivity index (χ3v) is 6.37. The fourth-order valence-corrected chi connectivity index (χ4v) is 4.54. The summed E-state index contributed by atoms with van der Waals surface area (Å²) in [5, 5.41) is 2.39. The SMILES string of the molecule is CC1(C)C(=O)N(c2ccccn2)c2nccc(-c3ccc(C(F)(F)F)c(C(=O)Nc4ccc(F)cc4)c3)c21. The second-order valence-corrected chi connectivity index (χ2v) is 9.23. The van der Waals surface area contributed by atoms with E-state index in [1.54, 1.807) is 44.3 Å². The Balaban J connectivity index is 1.64. The molecule has 0 saturated carbocycles. The lowest BCUT2D eigenvalue weighted by Gasteiger charge is -2.20. The van der Waals surface area contributed by atoms with Crippen LogP contribution in [-0.2, 0) is 16.4 Å². The molecule has 1 N–H and O–H groups in total. The van der Waals surface area contributed by atoms with Gasteiger partial charge in [-0.25, -0.2) is 19.3 Å². The third-order valence-electron chi connectivity index (χ3n) is 6.37. The molecule has 2 amide bonds. The van der Waals surface area contributed by atoms with E-state index in [1.165, 1.54) is 29.3 Å². The second kappa shape index (κ2) is 9.05. The van der Waals surface area contributed by atoms with Crippen molar-refractivity contribution in [2.75, 3.05) is 10.2 Å². The van der Waals surface area contributed by atoms with Crippen LogP contribution in [0.5, 0.6) is 0 Å². The molecular weight excluding hydrogens is 500 g/mol. The van der Waals surface area contributed by atoms with E-state index in [4.69, 9.17) is 0 Å². The summed E-state index contributed by atoms with van der Waals surface area (Å²) in [5.74, 6) is -1.19. The van der Waals surface area contributed by atoms with Crippen LogP contribution in [0.15, 0.2) is 79.1 Å². The lowest BCUT2D eigenvalue weighted by molar-refractivity contribution is -0.137. The Morgan fingerprint density at radius 3 is 2.34 bits per heavy atom. The molecule has 0 unspecified atom stereocenters. The Morgan fingerprint density at radius 2 is 1.68 bits per heavy atom. The van der Waals surface area contributed by atoms with Crippen molar-refractivity contribution in [2.24, 2.45) is 0 Å². The largest absolute Gasteiger partial charge is 0.417 e. The number of hydrogen-bond donors (Lipinski definition) is 1. The molecule has 1 aliphatic heterocycles. The number of amides is 2. The smallest absolute Gasteiger partial charge is 0.322 e. The number of anilines is 3. The van der Waals surface area contributed by atoms with Crippen molar-refractivity contribution in [3.63, 3.8) is 0 Å². The monoisotopic (exact) mass is 520 g/mol. The van der Waals surface area contributed by atoms with Gasteiger partial charge in [-0.05, 0) is 79.6 Å². The normalized spacial score (nSPS) is 14.4. The summed E-state index contributed by atoms with van der Waals surface area (Å²) >= 11 is 0. The van der Waals surface area contributed by atoms with Crippen molar-refractivity contribution in [1.82, 2.24) is 9.97 Å². The molecule has 1 aliphatic rings. The number of pyridine rings is 2. The summed E-state index contributed by atoms with van der Waals surface area (Å²) in [5.41, 5.74) is -1.44. The van der Waals surface area contributed by atoms with E-state index in [-0.39, 0.29) is 11.6 Å². The van der Waals surface area contributed by atoms with Gasteiger partial charge in [-0.1, -0.05) is 12.1 Å². The zero-order valence-electron chi connectivity index (χ0n) is 20.2. The molecule has 5 rings (SSSR count). The van der Waals surface area contributed by atoms with Crippen LogP contribution in [0.3, 0.4) is 0 Å². The molecule has 0 radical (unpaired) electrons. The van der Waals surface area contributed by atoms with Crippen LogP contribution in [0, 0.1) is 5.82 Å². The molecule has 2 aromatic heterocycles. The zero-order chi connectivity index (χ0) is 27.2. The molecule has 192 valence electrons. The number of aromatic nitrogens is 2. The van der Waals surface area contributed by atoms with Gasteiger partial charge in [0, 0.05) is 23.6 Å². The maximum Gasteiger partial charge on any atom is 0.417 e. The number of carbonyl (C=O) groups is 2. The lowest BCUT2D eigenvalue weighted by atomic mass is 9.82. The molecule has 0 bridgehead atoms. The zero-order valence-corrected chi connectivity index (χ0v) is 20.2. The Bertz CT molecular complexity index is 1550. The van der Waals surface area contributed by atoms with Crippen LogP contribution in [0.1, 0.15) is 35.3 Å². The van der Waals surface area contributed by atoms with Crippen molar-refractivity contribution in [3.8, 4) is 11.1 Å². The van der Waals surface area contributed by atoms with Crippen molar-refractivity contribution < 1.29 is 27.2 Å². The van der Waals surface area contributed by atoms with Crippen molar-refractivity contribution in [3.05, 3.63) is 102 Å². The van der Waals surface area contributed by atoms with Gasteiger partial charge >= 0.3 is 6.18 Å². The first kappa shape index (κ1) is 25.1. The van der Waals surface area contributed by atoms with Crippen molar-refractivity contribution in [1.29, 1.82) is 0 Å². The molecule has 4 aromatic rings. The summed E-state index contributed by atoms with van der Waals surface area (Å²) in [4.78, 5) is 36.5. The highest BCUT2D eigenvalue weighted by molar-refractivity contribution is 6.13. The molecule has 38 heavy (non-hydrogen) atoms. The highest BCUT2D eigenvalue weighted by Crippen LogP contribution is 2.48. The first-order valence-corrected chi connectivity index (χ1v) is 11.5. The van der Waals surface area contributed by atoms with Crippen LogP contribution in [-0.4, -0.2) is 21.8 Å². The van der Waals surface area contributed by atoms with Crippen molar-refractivity contribution >= 4 is 29.1 Å². The topological polar surface area (TPSA) is 75.2 Å². The molecular formula is C28H20F4N4O2. The van der Waals surface area contributed by atoms with Gasteiger partial charge in [-0.3, -0.25) is 9.59 Å². The minimum absolute atomic E-state index is 0.137. The lowest BCUT2D eigenvalue weighted by Crippen LogP contribution is -2.33. The highest BCUT2D eigenvalue weighted by Gasteiger charge is 2.48. The molecule has 0 fully saturated rings. The van der Waals surface area contributed by atoms with Gasteiger partial charge in [-0.15, -0.1) is 0 Å². The van der Waals surface area contributed by atoms with Gasteiger partial charge in [0.2, 0.25) is 5.91 Å². The molecule has 3 heterocycles. The minimum atomic E-state index is -4.81. The fourth-order valence-electron chi connectivity index (χ4n) is 4.54. The first-order chi connectivity index (χ1) is 18.0. The number of benzene rings is 2. The Morgan fingerprint density at radius 1 is 0.947 bits per heavy atom. The average molecular weight is 520 g/mol. The predicted octanol–water partition coefficient (Wildman–Crippen LogP) is 6.51. The molecule has 0 atom stereocenters. The van der Waals surface area contributed by atoms with Gasteiger partial charge in [0.05, 0.1) is 16.5 Å². The number of halogens is 4. The summed E-state index contributed by atoms with van der Waals surface area (Å²) < 4.78 is 54.9. The van der Waals surface area contributed by atoms with Crippen LogP contribution >= 0.6 is 0 Å². The van der Waals surface area contributed by atoms with Crippen LogP contribution in [0.25, 0.3) is 11.1 Å². The van der Waals surface area contributed by atoms with Gasteiger partial charge in [-0.2, -0.15) is 13.2 Å². The maximum atomic E-state index is 13.9. The van der Waals surface area contributed by atoms with Gasteiger partial charge in [0.15, 0.2) is 0 Å². The Labute approximate surface area is 215 Å². The number of nitrogens with zero attached hydrogens (tertiary/aromatic N) is 3. The van der Waals surface area contributed by atoms with E-state index in [0.717, 1.165) is 24.3 Å². The summed E-state index contributed by atoms with van der Waals surface area (Å²) in [7, 11) is 0. The van der Waals surface area contributed by atoms with Gasteiger partial charge in [0.25, 0.3) is 5.91 Å². The van der Waals surface area contributed by atoms with Crippen molar-refractivity contribution in [2.45, 2.75) is 25.4 Å². The average Bonchev–Trinajstić information content (AvgIpc) is 3.10. The fraction of sp³-hybridized carbons (Fsp3) is 0.143. The number of carbonyl (C=O) groups excluding carboxylic acids is 2. The van der Waals surface area contributed by atoms with E-state index in [9.17, 15) is 27.2 Å². The molecule has 10 heteroatoms. The minimum Gasteiger partial charge on any atom is -0.322 e. The number of alkyl halides is 3. The standard InChI is InChI=1S/C28H20F4N4O2/c1-27(2)23-19(12-14-34-24(23)36(26(27)38)22-5-3-4-13-33-22)16-6-11-21(28(30,31)32)20(15-16)25(37)35-18-9-7-17(29)8-10-18/h3-15H,1-2H3,(H,35,37). The van der Waals surface area contributed by atoms with Crippen LogP contribution < -0.4 is 10.2 Å². The summed E-state index contributed by atoms with van der Waals surface area (Å²) in [6.45, 7) is 3.41. The number of hydrogen-bond acceptors (Lipinski definition) is 4. The molecule has 6 nitrogen and oxygen atoms in total. The van der Waals surface area contributed by atoms with Gasteiger partial charge in [0.1, 0.15) is 17.5 Å². The molecule has 2 aromatic carbocycles. The second-order valence-electron chi connectivity index (χ2n) is 9.23. The van der Waals surface area contributed by atoms with Crippen LogP contribution in [0.4, 0.5) is 34.9 Å². The number of fused-ring (bicyclic) bond motifs is 1. The van der Waals surface area contributed by atoms with Crippen LogP contribution in [0.2, 0.25) is 0 Å². The molecule has 0 saturated heterocycles.